The molecule has 136 valence electrons. The first-order chi connectivity index (χ1) is 12.0. The van der Waals surface area contributed by atoms with E-state index < -0.39 is 34.4 Å². The zero-order chi connectivity index (χ0) is 18.4. The van der Waals surface area contributed by atoms with Crippen molar-refractivity contribution in [3.05, 3.63) is 58.7 Å². The first-order valence-electron chi connectivity index (χ1n) is 8.89. The quantitative estimate of drug-likeness (QED) is 0.269. The topological polar surface area (TPSA) is 0 Å². The Morgan fingerprint density at radius 1 is 0.680 bits per heavy atom. The van der Waals surface area contributed by atoms with E-state index in [2.05, 4.69) is 6.92 Å². The van der Waals surface area contributed by atoms with E-state index in [1.165, 1.54) is 12.1 Å². The van der Waals surface area contributed by atoms with Crippen molar-refractivity contribution in [3.8, 4) is 11.1 Å². The first kappa shape index (κ1) is 19.5. The molecule has 2 aromatic rings. The van der Waals surface area contributed by atoms with Crippen molar-refractivity contribution in [3.63, 3.8) is 0 Å². The van der Waals surface area contributed by atoms with E-state index in [1.807, 2.05) is 6.92 Å². The van der Waals surface area contributed by atoms with Crippen molar-refractivity contribution >= 4 is 0 Å². The summed E-state index contributed by atoms with van der Waals surface area (Å²) in [6.45, 7) is 3.92. The maximum absolute atomic E-state index is 14.4. The number of benzene rings is 2. The van der Waals surface area contributed by atoms with Crippen LogP contribution in [0, 0.1) is 30.2 Å². The van der Waals surface area contributed by atoms with Gasteiger partial charge in [0.25, 0.3) is 0 Å². The van der Waals surface area contributed by atoms with Gasteiger partial charge in [0.1, 0.15) is 0 Å². The van der Waals surface area contributed by atoms with Gasteiger partial charge in [-0.2, -0.15) is 0 Å². The summed E-state index contributed by atoms with van der Waals surface area (Å²) in [5.74, 6) is -5.18. The summed E-state index contributed by atoms with van der Waals surface area (Å²) in [7, 11) is 0. The van der Waals surface area contributed by atoms with Crippen LogP contribution in [-0.4, -0.2) is 0 Å². The fraction of sp³-hybridized carbons (Fsp3) is 0.429. The van der Waals surface area contributed by atoms with Gasteiger partial charge in [-0.15, -0.1) is 0 Å². The smallest absolute Gasteiger partial charge is 0.170 e. The summed E-state index contributed by atoms with van der Waals surface area (Å²) in [6, 6.07) is 6.22. The van der Waals surface area contributed by atoms with Crippen LogP contribution in [0.1, 0.15) is 56.6 Å². The molecule has 0 aliphatic rings. The maximum Gasteiger partial charge on any atom is 0.170 e. The molecular weight excluding hydrogens is 328 g/mol. The number of aryl methyl sites for hydroxylation is 1. The molecule has 0 aliphatic heterocycles. The lowest BCUT2D eigenvalue weighted by molar-refractivity contribution is 0.439. The molecule has 2 aromatic carbocycles. The highest BCUT2D eigenvalue weighted by Crippen LogP contribution is 2.33. The van der Waals surface area contributed by atoms with Crippen LogP contribution in [0.4, 0.5) is 17.6 Å². The number of hydrogen-bond donors (Lipinski definition) is 0. The molecule has 0 atom stereocenters. The fourth-order valence-corrected chi connectivity index (χ4v) is 2.95. The van der Waals surface area contributed by atoms with Gasteiger partial charge >= 0.3 is 0 Å². The van der Waals surface area contributed by atoms with Gasteiger partial charge in [-0.25, -0.2) is 17.6 Å². The van der Waals surface area contributed by atoms with E-state index >= 15 is 0 Å². The second-order valence-electron chi connectivity index (χ2n) is 6.49. The largest absolute Gasteiger partial charge is 0.203 e. The summed E-state index contributed by atoms with van der Waals surface area (Å²) in [5, 5.41) is 0. The van der Waals surface area contributed by atoms with E-state index in [0.29, 0.717) is 6.42 Å². The molecule has 2 rings (SSSR count). The second-order valence-corrected chi connectivity index (χ2v) is 6.49. The minimum Gasteiger partial charge on any atom is -0.203 e. The Morgan fingerprint density at radius 3 is 1.76 bits per heavy atom. The highest BCUT2D eigenvalue weighted by molar-refractivity contribution is 5.66. The molecule has 0 saturated heterocycles. The standard InChI is InChI=1S/C21H24F4/c1-3-4-5-6-7-8-9-16-18(22)20(24)17(21(25)19(16)23)15-12-10-14(2)11-13-15/h10-13H,3-9H2,1-2H3. The molecule has 0 bridgehead atoms. The van der Waals surface area contributed by atoms with Gasteiger partial charge in [-0.3, -0.25) is 0 Å². The molecular formula is C21H24F4. The van der Waals surface area contributed by atoms with Crippen LogP contribution in [0.3, 0.4) is 0 Å². The monoisotopic (exact) mass is 352 g/mol. The molecule has 0 saturated carbocycles. The lowest BCUT2D eigenvalue weighted by Crippen LogP contribution is -2.06. The molecule has 0 radical (unpaired) electrons. The van der Waals surface area contributed by atoms with Crippen LogP contribution in [0.25, 0.3) is 11.1 Å². The molecule has 0 unspecified atom stereocenters. The third-order valence-corrected chi connectivity index (χ3v) is 4.47. The fourth-order valence-electron chi connectivity index (χ4n) is 2.95. The molecule has 25 heavy (non-hydrogen) atoms. The third-order valence-electron chi connectivity index (χ3n) is 4.47. The summed E-state index contributed by atoms with van der Waals surface area (Å²) >= 11 is 0. The predicted octanol–water partition coefficient (Wildman–Crippen LogP) is 7.12. The Labute approximate surface area is 146 Å². The molecule has 0 spiro atoms. The minimum atomic E-state index is -1.32. The Morgan fingerprint density at radius 2 is 1.20 bits per heavy atom. The summed E-state index contributed by atoms with van der Waals surface area (Å²) in [6.07, 6.45) is 5.57. The van der Waals surface area contributed by atoms with E-state index in [0.717, 1.165) is 37.7 Å². The van der Waals surface area contributed by atoms with E-state index in [9.17, 15) is 17.6 Å². The van der Waals surface area contributed by atoms with Crippen LogP contribution >= 0.6 is 0 Å². The van der Waals surface area contributed by atoms with Gasteiger partial charge in [0.15, 0.2) is 23.3 Å². The van der Waals surface area contributed by atoms with Crippen LogP contribution in [0.5, 0.6) is 0 Å². The average molecular weight is 352 g/mol. The van der Waals surface area contributed by atoms with Crippen LogP contribution in [0.15, 0.2) is 24.3 Å². The maximum atomic E-state index is 14.4. The van der Waals surface area contributed by atoms with Crippen molar-refractivity contribution < 1.29 is 17.6 Å². The van der Waals surface area contributed by atoms with Gasteiger partial charge in [0, 0.05) is 5.56 Å². The van der Waals surface area contributed by atoms with Gasteiger partial charge in [-0.05, 0) is 25.3 Å². The van der Waals surface area contributed by atoms with E-state index in [-0.39, 0.29) is 12.0 Å². The highest BCUT2D eigenvalue weighted by Gasteiger charge is 2.25. The predicted molar refractivity (Wildman–Crippen MR) is 93.5 cm³/mol. The Kier molecular flexibility index (Phi) is 7.03. The van der Waals surface area contributed by atoms with Crippen molar-refractivity contribution in [2.75, 3.05) is 0 Å². The van der Waals surface area contributed by atoms with Gasteiger partial charge in [0.2, 0.25) is 0 Å². The third kappa shape index (κ3) is 4.62. The minimum absolute atomic E-state index is 0.00576. The Hall–Kier alpha value is -1.84. The van der Waals surface area contributed by atoms with Crippen LogP contribution in [-0.2, 0) is 6.42 Å². The lowest BCUT2D eigenvalue weighted by Gasteiger charge is -2.12. The SMILES string of the molecule is CCCCCCCCc1c(F)c(F)c(-c2ccc(C)cc2)c(F)c1F. The zero-order valence-corrected chi connectivity index (χ0v) is 14.8. The van der Waals surface area contributed by atoms with Crippen molar-refractivity contribution in [2.45, 2.75) is 58.8 Å². The summed E-state index contributed by atoms with van der Waals surface area (Å²) in [5.41, 5.74) is -0.0993. The molecule has 0 aliphatic carbocycles. The molecule has 0 amide bonds. The zero-order valence-electron chi connectivity index (χ0n) is 14.8. The molecule has 4 heteroatoms. The molecule has 0 fully saturated rings. The number of hydrogen-bond acceptors (Lipinski definition) is 0. The summed E-state index contributed by atoms with van der Waals surface area (Å²) < 4.78 is 57.4. The average Bonchev–Trinajstić information content (AvgIpc) is 2.60. The van der Waals surface area contributed by atoms with E-state index in [4.69, 9.17) is 0 Å². The van der Waals surface area contributed by atoms with Crippen molar-refractivity contribution in [1.82, 2.24) is 0 Å². The van der Waals surface area contributed by atoms with Crippen molar-refractivity contribution in [1.29, 1.82) is 0 Å². The first-order valence-corrected chi connectivity index (χ1v) is 8.89. The summed E-state index contributed by atoms with van der Waals surface area (Å²) in [4.78, 5) is 0. The van der Waals surface area contributed by atoms with Gasteiger partial charge in [-0.1, -0.05) is 68.9 Å². The number of halogens is 4. The molecule has 0 N–H and O–H groups in total. The molecule has 0 nitrogen and oxygen atoms in total. The molecule has 0 aromatic heterocycles. The number of unbranched alkanes of at least 4 members (excludes halogenated alkanes) is 5. The van der Waals surface area contributed by atoms with Gasteiger partial charge in [0.05, 0.1) is 5.56 Å². The number of rotatable bonds is 8. The van der Waals surface area contributed by atoms with Crippen LogP contribution < -0.4 is 0 Å². The highest BCUT2D eigenvalue weighted by atomic mass is 19.2. The Bertz CT molecular complexity index is 676. The van der Waals surface area contributed by atoms with Gasteiger partial charge < -0.3 is 0 Å². The normalized spacial score (nSPS) is 11.1. The van der Waals surface area contributed by atoms with Crippen LogP contribution in [0.2, 0.25) is 0 Å². The second kappa shape index (κ2) is 9.02. The lowest BCUT2D eigenvalue weighted by atomic mass is 9.97. The van der Waals surface area contributed by atoms with E-state index in [1.54, 1.807) is 12.1 Å². The molecule has 0 heterocycles. The van der Waals surface area contributed by atoms with Crippen molar-refractivity contribution in [2.24, 2.45) is 0 Å². The Balaban J connectivity index is 2.22.